The van der Waals surface area contributed by atoms with Crippen LogP contribution in [0.4, 0.5) is 11.4 Å². The molecule has 0 saturated heterocycles. The third-order valence-corrected chi connectivity index (χ3v) is 3.93. The average Bonchev–Trinajstić information content (AvgIpc) is 2.95. The van der Waals surface area contributed by atoms with Crippen molar-refractivity contribution in [2.24, 2.45) is 0 Å². The molecule has 0 spiro atoms. The SMILES string of the molecule is Nc1ccsc1CNc1cc2c(cc1Cl)OCO2. The standard InChI is InChI=1S/C12H11ClN2O2S/c13-7-3-10-11(17-6-16-10)4-9(7)15-5-12-8(14)1-2-18-12/h1-4,15H,5-6,14H2. The Kier molecular flexibility index (Phi) is 2.93. The van der Waals surface area contributed by atoms with Crippen LogP contribution >= 0.6 is 22.9 Å². The van der Waals surface area contributed by atoms with E-state index in [1.54, 1.807) is 17.4 Å². The molecule has 1 aliphatic heterocycles. The number of nitrogens with one attached hydrogen (secondary N) is 1. The molecule has 3 rings (SSSR count). The summed E-state index contributed by atoms with van der Waals surface area (Å²) >= 11 is 7.78. The maximum Gasteiger partial charge on any atom is 0.231 e. The molecule has 0 aliphatic carbocycles. The summed E-state index contributed by atoms with van der Waals surface area (Å²) in [4.78, 5) is 1.09. The second-order valence-corrected chi connectivity index (χ2v) is 5.25. The Morgan fingerprint density at radius 1 is 1.33 bits per heavy atom. The van der Waals surface area contributed by atoms with Crippen molar-refractivity contribution >= 4 is 34.3 Å². The van der Waals surface area contributed by atoms with E-state index in [2.05, 4.69) is 5.32 Å². The first-order chi connectivity index (χ1) is 8.74. The van der Waals surface area contributed by atoms with Crippen molar-refractivity contribution in [2.45, 2.75) is 6.54 Å². The van der Waals surface area contributed by atoms with Gasteiger partial charge < -0.3 is 20.5 Å². The molecule has 2 heterocycles. The monoisotopic (exact) mass is 282 g/mol. The van der Waals surface area contributed by atoms with Crippen molar-refractivity contribution in [2.75, 3.05) is 17.8 Å². The van der Waals surface area contributed by atoms with Crippen LogP contribution in [0.25, 0.3) is 0 Å². The van der Waals surface area contributed by atoms with Gasteiger partial charge in [-0.05, 0) is 11.4 Å². The van der Waals surface area contributed by atoms with Crippen LogP contribution in [0.3, 0.4) is 0 Å². The van der Waals surface area contributed by atoms with Crippen LogP contribution in [0.2, 0.25) is 5.02 Å². The zero-order chi connectivity index (χ0) is 12.5. The second kappa shape index (κ2) is 4.59. The first-order valence-electron chi connectivity index (χ1n) is 5.39. The fraction of sp³-hybridized carbons (Fsp3) is 0.167. The highest BCUT2D eigenvalue weighted by atomic mass is 35.5. The van der Waals surface area contributed by atoms with Crippen LogP contribution < -0.4 is 20.5 Å². The summed E-state index contributed by atoms with van der Waals surface area (Å²) < 4.78 is 10.6. The number of hydrogen-bond acceptors (Lipinski definition) is 5. The molecule has 0 fully saturated rings. The molecule has 0 unspecified atom stereocenters. The molecule has 6 heteroatoms. The van der Waals surface area contributed by atoms with Crippen molar-refractivity contribution in [1.29, 1.82) is 0 Å². The highest BCUT2D eigenvalue weighted by Gasteiger charge is 2.16. The fourth-order valence-corrected chi connectivity index (χ4v) is 2.68. The van der Waals surface area contributed by atoms with Crippen LogP contribution in [0, 0.1) is 0 Å². The van der Waals surface area contributed by atoms with E-state index < -0.39 is 0 Å². The topological polar surface area (TPSA) is 56.5 Å². The van der Waals surface area contributed by atoms with Gasteiger partial charge in [0.1, 0.15) is 0 Å². The number of halogens is 1. The van der Waals surface area contributed by atoms with Gasteiger partial charge >= 0.3 is 0 Å². The van der Waals surface area contributed by atoms with E-state index in [4.69, 9.17) is 26.8 Å². The molecule has 0 amide bonds. The number of nitrogens with two attached hydrogens (primary N) is 1. The van der Waals surface area contributed by atoms with Crippen molar-refractivity contribution in [3.05, 3.63) is 33.5 Å². The molecule has 0 atom stereocenters. The van der Waals surface area contributed by atoms with Gasteiger partial charge in [0.25, 0.3) is 0 Å². The number of fused-ring (bicyclic) bond motifs is 1. The third-order valence-electron chi connectivity index (χ3n) is 2.68. The molecular weight excluding hydrogens is 272 g/mol. The number of hydrogen-bond donors (Lipinski definition) is 2. The minimum Gasteiger partial charge on any atom is -0.454 e. The average molecular weight is 283 g/mol. The molecule has 0 bridgehead atoms. The normalized spacial score (nSPS) is 12.7. The van der Waals surface area contributed by atoms with Crippen molar-refractivity contribution in [3.8, 4) is 11.5 Å². The molecule has 1 aromatic carbocycles. The highest BCUT2D eigenvalue weighted by Crippen LogP contribution is 2.39. The van der Waals surface area contributed by atoms with Gasteiger partial charge in [-0.15, -0.1) is 11.3 Å². The first-order valence-corrected chi connectivity index (χ1v) is 6.64. The van der Waals surface area contributed by atoms with E-state index in [9.17, 15) is 0 Å². The maximum atomic E-state index is 6.16. The second-order valence-electron chi connectivity index (χ2n) is 3.84. The van der Waals surface area contributed by atoms with Gasteiger partial charge in [0.15, 0.2) is 11.5 Å². The molecular formula is C12H11ClN2O2S. The molecule has 4 nitrogen and oxygen atoms in total. The molecule has 0 saturated carbocycles. The Balaban J connectivity index is 1.79. The van der Waals surface area contributed by atoms with Gasteiger partial charge in [0.05, 0.1) is 17.3 Å². The Labute approximate surface area is 113 Å². The van der Waals surface area contributed by atoms with E-state index in [0.29, 0.717) is 23.1 Å². The summed E-state index contributed by atoms with van der Waals surface area (Å²) in [5.41, 5.74) is 7.44. The van der Waals surface area contributed by atoms with Gasteiger partial charge in [-0.1, -0.05) is 11.6 Å². The summed E-state index contributed by atoms with van der Waals surface area (Å²) in [5, 5.41) is 5.82. The Hall–Kier alpha value is -1.59. The summed E-state index contributed by atoms with van der Waals surface area (Å²) in [7, 11) is 0. The van der Waals surface area contributed by atoms with E-state index in [-0.39, 0.29) is 6.79 Å². The van der Waals surface area contributed by atoms with E-state index in [0.717, 1.165) is 16.3 Å². The summed E-state index contributed by atoms with van der Waals surface area (Å²) in [6.07, 6.45) is 0. The Bertz CT molecular complexity index is 585. The van der Waals surface area contributed by atoms with Crippen LogP contribution in [-0.4, -0.2) is 6.79 Å². The van der Waals surface area contributed by atoms with Crippen molar-refractivity contribution < 1.29 is 9.47 Å². The Morgan fingerprint density at radius 2 is 2.11 bits per heavy atom. The van der Waals surface area contributed by atoms with E-state index >= 15 is 0 Å². The maximum absolute atomic E-state index is 6.16. The van der Waals surface area contributed by atoms with Crippen molar-refractivity contribution in [1.82, 2.24) is 0 Å². The number of nitrogen functional groups attached to an aromatic ring is 1. The fourth-order valence-electron chi connectivity index (χ4n) is 1.72. The number of thiophene rings is 1. The van der Waals surface area contributed by atoms with E-state index in [1.807, 2.05) is 17.5 Å². The summed E-state index contributed by atoms with van der Waals surface area (Å²) in [5.74, 6) is 1.39. The lowest BCUT2D eigenvalue weighted by Crippen LogP contribution is -2.00. The third kappa shape index (κ3) is 2.07. The smallest absolute Gasteiger partial charge is 0.231 e. The van der Waals surface area contributed by atoms with Crippen molar-refractivity contribution in [3.63, 3.8) is 0 Å². The summed E-state index contributed by atoms with van der Waals surface area (Å²) in [6.45, 7) is 0.885. The molecule has 18 heavy (non-hydrogen) atoms. The number of ether oxygens (including phenoxy) is 2. The number of benzene rings is 1. The highest BCUT2D eigenvalue weighted by molar-refractivity contribution is 7.10. The zero-order valence-corrected chi connectivity index (χ0v) is 11.0. The van der Waals surface area contributed by atoms with Gasteiger partial charge in [-0.3, -0.25) is 0 Å². The van der Waals surface area contributed by atoms with Gasteiger partial charge in [0.2, 0.25) is 6.79 Å². The molecule has 94 valence electrons. The minimum atomic E-state index is 0.243. The van der Waals surface area contributed by atoms with Crippen LogP contribution in [-0.2, 0) is 6.54 Å². The van der Waals surface area contributed by atoms with E-state index in [1.165, 1.54) is 0 Å². The molecule has 1 aliphatic rings. The molecule has 3 N–H and O–H groups in total. The van der Waals surface area contributed by atoms with Gasteiger partial charge in [-0.25, -0.2) is 0 Å². The lowest BCUT2D eigenvalue weighted by Gasteiger charge is -2.09. The number of rotatable bonds is 3. The first kappa shape index (κ1) is 11.5. The Morgan fingerprint density at radius 3 is 2.83 bits per heavy atom. The molecule has 2 aromatic rings. The quantitative estimate of drug-likeness (QED) is 0.907. The van der Waals surface area contributed by atoms with Gasteiger partial charge in [0, 0.05) is 22.7 Å². The largest absolute Gasteiger partial charge is 0.454 e. The number of anilines is 2. The van der Waals surface area contributed by atoms with Crippen LogP contribution in [0.5, 0.6) is 11.5 Å². The lowest BCUT2D eigenvalue weighted by molar-refractivity contribution is 0.174. The minimum absolute atomic E-state index is 0.243. The summed E-state index contributed by atoms with van der Waals surface area (Å²) in [6, 6.07) is 5.49. The lowest BCUT2D eigenvalue weighted by atomic mass is 10.2. The van der Waals surface area contributed by atoms with Gasteiger partial charge in [-0.2, -0.15) is 0 Å². The van der Waals surface area contributed by atoms with Crippen LogP contribution in [0.1, 0.15) is 4.88 Å². The predicted octanol–water partition coefficient (Wildman–Crippen LogP) is 3.32. The predicted molar refractivity (Wildman–Crippen MR) is 73.6 cm³/mol. The molecule has 0 radical (unpaired) electrons. The zero-order valence-electron chi connectivity index (χ0n) is 9.40. The molecule has 1 aromatic heterocycles. The van der Waals surface area contributed by atoms with Crippen LogP contribution in [0.15, 0.2) is 23.6 Å².